The fourth-order valence-corrected chi connectivity index (χ4v) is 2.25. The molecule has 0 saturated carbocycles. The van der Waals surface area contributed by atoms with Crippen LogP contribution in [-0.2, 0) is 4.74 Å². The van der Waals surface area contributed by atoms with Gasteiger partial charge < -0.3 is 20.5 Å². The zero-order chi connectivity index (χ0) is 14.5. The zero-order valence-electron chi connectivity index (χ0n) is 11.3. The number of aryl methyl sites for hydroxylation is 1. The Morgan fingerprint density at radius 1 is 1.40 bits per heavy atom. The van der Waals surface area contributed by atoms with Crippen molar-refractivity contribution in [2.24, 2.45) is 0 Å². The van der Waals surface area contributed by atoms with Crippen LogP contribution in [0.2, 0.25) is 0 Å². The predicted molar refractivity (Wildman–Crippen MR) is 74.1 cm³/mol. The average Bonchev–Trinajstić information content (AvgIpc) is 2.39. The molecule has 1 atom stereocenters. The standard InChI is InChI=1S/C14H18N2O4/c1-9-4-2-6-11(12(9)13(17)18)16-14(19)15-10-5-3-7-20-8-10/h2,4,6,10H,3,5,7-8H2,1H3,(H,17,18)(H2,15,16,19). The van der Waals surface area contributed by atoms with E-state index in [2.05, 4.69) is 10.6 Å². The van der Waals surface area contributed by atoms with E-state index in [0.29, 0.717) is 17.9 Å². The molecule has 2 amide bonds. The Morgan fingerprint density at radius 2 is 2.20 bits per heavy atom. The number of hydrogen-bond donors (Lipinski definition) is 3. The lowest BCUT2D eigenvalue weighted by atomic mass is 10.1. The van der Waals surface area contributed by atoms with E-state index in [4.69, 9.17) is 4.74 Å². The van der Waals surface area contributed by atoms with Gasteiger partial charge in [-0.2, -0.15) is 0 Å². The van der Waals surface area contributed by atoms with Crippen LogP contribution in [0, 0.1) is 6.92 Å². The maximum absolute atomic E-state index is 11.9. The van der Waals surface area contributed by atoms with Crippen LogP contribution in [0.1, 0.15) is 28.8 Å². The Bertz CT molecular complexity index is 510. The molecule has 0 bridgehead atoms. The minimum Gasteiger partial charge on any atom is -0.478 e. The molecule has 3 N–H and O–H groups in total. The highest BCUT2D eigenvalue weighted by Crippen LogP contribution is 2.19. The van der Waals surface area contributed by atoms with E-state index < -0.39 is 12.0 Å². The van der Waals surface area contributed by atoms with Gasteiger partial charge in [0.1, 0.15) is 0 Å². The number of carbonyl (C=O) groups is 2. The molecule has 1 aliphatic heterocycles. The first-order valence-electron chi connectivity index (χ1n) is 6.56. The van der Waals surface area contributed by atoms with Gasteiger partial charge in [-0.25, -0.2) is 9.59 Å². The van der Waals surface area contributed by atoms with Crippen LogP contribution in [0.5, 0.6) is 0 Å². The summed E-state index contributed by atoms with van der Waals surface area (Å²) in [5.74, 6) is -1.06. The van der Waals surface area contributed by atoms with Crippen molar-refractivity contribution in [1.82, 2.24) is 5.32 Å². The molecule has 1 saturated heterocycles. The molecule has 1 fully saturated rings. The third-order valence-electron chi connectivity index (χ3n) is 3.23. The fraction of sp³-hybridized carbons (Fsp3) is 0.429. The summed E-state index contributed by atoms with van der Waals surface area (Å²) in [4.78, 5) is 23.1. The number of carboxylic acids is 1. The largest absolute Gasteiger partial charge is 0.478 e. The van der Waals surface area contributed by atoms with Gasteiger partial charge in [0.05, 0.1) is 23.9 Å². The molecule has 0 spiro atoms. The first kappa shape index (κ1) is 14.3. The number of rotatable bonds is 3. The Balaban J connectivity index is 2.04. The van der Waals surface area contributed by atoms with Crippen molar-refractivity contribution >= 4 is 17.7 Å². The van der Waals surface area contributed by atoms with Gasteiger partial charge in [-0.3, -0.25) is 0 Å². The molecule has 1 aromatic rings. The van der Waals surface area contributed by atoms with Crippen molar-refractivity contribution in [3.8, 4) is 0 Å². The summed E-state index contributed by atoms with van der Waals surface area (Å²) < 4.78 is 5.28. The third-order valence-corrected chi connectivity index (χ3v) is 3.23. The highest BCUT2D eigenvalue weighted by molar-refractivity contribution is 6.01. The zero-order valence-corrected chi connectivity index (χ0v) is 11.3. The molecule has 1 unspecified atom stereocenters. The van der Waals surface area contributed by atoms with Crippen molar-refractivity contribution in [2.45, 2.75) is 25.8 Å². The van der Waals surface area contributed by atoms with Crippen LogP contribution in [0.3, 0.4) is 0 Å². The number of urea groups is 1. The van der Waals surface area contributed by atoms with E-state index in [1.165, 1.54) is 0 Å². The smallest absolute Gasteiger partial charge is 0.338 e. The van der Waals surface area contributed by atoms with Gasteiger partial charge in [-0.15, -0.1) is 0 Å². The fourth-order valence-electron chi connectivity index (χ4n) is 2.25. The Hall–Kier alpha value is -2.08. The summed E-state index contributed by atoms with van der Waals surface area (Å²) in [5.41, 5.74) is 1.02. The van der Waals surface area contributed by atoms with Crippen LogP contribution in [0.25, 0.3) is 0 Å². The minimum absolute atomic E-state index is 0.0261. The van der Waals surface area contributed by atoms with Crippen LogP contribution in [0.15, 0.2) is 18.2 Å². The van der Waals surface area contributed by atoms with Crippen molar-refractivity contribution < 1.29 is 19.4 Å². The quantitative estimate of drug-likeness (QED) is 0.789. The molecule has 0 aliphatic carbocycles. The number of nitrogens with one attached hydrogen (secondary N) is 2. The van der Waals surface area contributed by atoms with Gasteiger partial charge in [0.15, 0.2) is 0 Å². The average molecular weight is 278 g/mol. The second-order valence-electron chi connectivity index (χ2n) is 4.82. The molecule has 2 rings (SSSR count). The summed E-state index contributed by atoms with van der Waals surface area (Å²) in [6.07, 6.45) is 1.78. The van der Waals surface area contributed by atoms with E-state index in [1.54, 1.807) is 25.1 Å². The van der Waals surface area contributed by atoms with Crippen LogP contribution in [0.4, 0.5) is 10.5 Å². The normalized spacial score (nSPS) is 18.4. The number of anilines is 1. The van der Waals surface area contributed by atoms with E-state index in [0.717, 1.165) is 19.4 Å². The number of hydrogen-bond acceptors (Lipinski definition) is 3. The van der Waals surface area contributed by atoms with Crippen LogP contribution < -0.4 is 10.6 Å². The number of carbonyl (C=O) groups excluding carboxylic acids is 1. The van der Waals surface area contributed by atoms with Gasteiger partial charge in [0, 0.05) is 6.61 Å². The molecule has 20 heavy (non-hydrogen) atoms. The summed E-state index contributed by atoms with van der Waals surface area (Å²) in [6.45, 7) is 2.91. The molecule has 0 aromatic heterocycles. The first-order valence-corrected chi connectivity index (χ1v) is 6.56. The lowest BCUT2D eigenvalue weighted by Gasteiger charge is -2.23. The summed E-state index contributed by atoms with van der Waals surface area (Å²) >= 11 is 0. The maximum atomic E-state index is 11.9. The molecule has 1 heterocycles. The number of benzene rings is 1. The summed E-state index contributed by atoms with van der Waals surface area (Å²) in [7, 11) is 0. The number of amides is 2. The monoisotopic (exact) mass is 278 g/mol. The highest BCUT2D eigenvalue weighted by Gasteiger charge is 2.18. The molecular formula is C14H18N2O4. The first-order chi connectivity index (χ1) is 9.58. The number of aromatic carboxylic acids is 1. The molecule has 108 valence electrons. The molecular weight excluding hydrogens is 260 g/mol. The van der Waals surface area contributed by atoms with Gasteiger partial charge in [-0.1, -0.05) is 12.1 Å². The number of ether oxygens (including phenoxy) is 1. The lowest BCUT2D eigenvalue weighted by Crippen LogP contribution is -2.42. The van der Waals surface area contributed by atoms with E-state index in [9.17, 15) is 14.7 Å². The van der Waals surface area contributed by atoms with Crippen LogP contribution >= 0.6 is 0 Å². The second-order valence-corrected chi connectivity index (χ2v) is 4.82. The predicted octanol–water partition coefficient (Wildman–Crippen LogP) is 1.99. The van der Waals surface area contributed by atoms with E-state index in [1.807, 2.05) is 0 Å². The molecule has 0 radical (unpaired) electrons. The summed E-state index contributed by atoms with van der Waals surface area (Å²) in [6, 6.07) is 4.55. The van der Waals surface area contributed by atoms with E-state index in [-0.39, 0.29) is 11.6 Å². The molecule has 6 nitrogen and oxygen atoms in total. The number of carboxylic acid groups (broad SMARTS) is 1. The van der Waals surface area contributed by atoms with Crippen molar-refractivity contribution in [3.05, 3.63) is 29.3 Å². The highest BCUT2D eigenvalue weighted by atomic mass is 16.5. The SMILES string of the molecule is Cc1cccc(NC(=O)NC2CCCOC2)c1C(=O)O. The molecule has 6 heteroatoms. The van der Waals surface area contributed by atoms with Crippen molar-refractivity contribution in [1.29, 1.82) is 0 Å². The summed E-state index contributed by atoms with van der Waals surface area (Å²) in [5, 5.41) is 14.6. The Kier molecular flexibility index (Phi) is 4.57. The molecule has 1 aromatic carbocycles. The Labute approximate surface area is 117 Å². The van der Waals surface area contributed by atoms with Gasteiger partial charge in [0.2, 0.25) is 0 Å². The third kappa shape index (κ3) is 3.48. The van der Waals surface area contributed by atoms with Gasteiger partial charge in [-0.05, 0) is 31.4 Å². The van der Waals surface area contributed by atoms with Crippen LogP contribution in [-0.4, -0.2) is 36.4 Å². The molecule has 1 aliphatic rings. The topological polar surface area (TPSA) is 87.7 Å². The van der Waals surface area contributed by atoms with Gasteiger partial charge in [0.25, 0.3) is 0 Å². The Morgan fingerprint density at radius 3 is 2.85 bits per heavy atom. The minimum atomic E-state index is -1.06. The second kappa shape index (κ2) is 6.38. The van der Waals surface area contributed by atoms with Gasteiger partial charge >= 0.3 is 12.0 Å². The van der Waals surface area contributed by atoms with Crippen molar-refractivity contribution in [3.63, 3.8) is 0 Å². The maximum Gasteiger partial charge on any atom is 0.338 e. The van der Waals surface area contributed by atoms with E-state index >= 15 is 0 Å². The lowest BCUT2D eigenvalue weighted by molar-refractivity contribution is 0.0697. The van der Waals surface area contributed by atoms with Crippen molar-refractivity contribution in [2.75, 3.05) is 18.5 Å².